The third kappa shape index (κ3) is 2.53. The van der Waals surface area contributed by atoms with Crippen LogP contribution in [0.4, 0.5) is 0 Å². The molecule has 1 unspecified atom stereocenters. The Morgan fingerprint density at radius 1 is 1.25 bits per heavy atom. The van der Waals surface area contributed by atoms with Gasteiger partial charge in [0.15, 0.2) is 0 Å². The van der Waals surface area contributed by atoms with E-state index in [4.69, 9.17) is 9.47 Å². The first-order valence-electron chi connectivity index (χ1n) is 6.48. The van der Waals surface area contributed by atoms with Crippen LogP contribution in [0.15, 0.2) is 18.2 Å². The maximum atomic E-state index is 12.3. The third-order valence-electron chi connectivity index (χ3n) is 2.87. The van der Waals surface area contributed by atoms with Gasteiger partial charge in [0.1, 0.15) is 11.9 Å². The summed E-state index contributed by atoms with van der Waals surface area (Å²) in [6.45, 7) is 6.09. The molecule has 0 saturated heterocycles. The first-order chi connectivity index (χ1) is 9.56. The van der Waals surface area contributed by atoms with E-state index in [1.54, 1.807) is 25.1 Å². The Hall–Kier alpha value is -2.28. The molecule has 0 heterocycles. The molecular weight excluding hydrogens is 256 g/mol. The molecule has 0 aromatic heterocycles. The number of ether oxygens (including phenoxy) is 2. The predicted octanol–water partition coefficient (Wildman–Crippen LogP) is 2.47. The topological polar surface area (TPSA) is 52.6 Å². The highest BCUT2D eigenvalue weighted by Crippen LogP contribution is 2.32. The van der Waals surface area contributed by atoms with Gasteiger partial charge in [-0.25, -0.2) is 0 Å². The van der Waals surface area contributed by atoms with E-state index in [1.807, 2.05) is 13.8 Å². The molecule has 104 valence electrons. The second kappa shape index (κ2) is 5.79. The normalized spacial score (nSPS) is 16.7. The summed E-state index contributed by atoms with van der Waals surface area (Å²) in [6.07, 6.45) is 1.16. The summed E-state index contributed by atoms with van der Waals surface area (Å²) < 4.78 is 10.6. The molecule has 0 spiro atoms. The summed E-state index contributed by atoms with van der Waals surface area (Å²) in [6, 6.07) is 5.01. The highest BCUT2D eigenvalue weighted by Gasteiger charge is 2.42. The third-order valence-corrected chi connectivity index (χ3v) is 2.87. The molecule has 0 fully saturated rings. The summed E-state index contributed by atoms with van der Waals surface area (Å²) in [4.78, 5) is 24.4. The Labute approximate surface area is 118 Å². The lowest BCUT2D eigenvalue weighted by molar-refractivity contribution is 0.0657. The smallest absolute Gasteiger partial charge is 0.235 e. The molecule has 1 aliphatic rings. The van der Waals surface area contributed by atoms with Gasteiger partial charge >= 0.3 is 0 Å². The molecule has 0 amide bonds. The molecular formula is C16H16O4. The monoisotopic (exact) mass is 272 g/mol. The summed E-state index contributed by atoms with van der Waals surface area (Å²) >= 11 is 0. The maximum Gasteiger partial charge on any atom is 0.235 e. The highest BCUT2D eigenvalue weighted by atomic mass is 16.5. The molecule has 2 rings (SSSR count). The van der Waals surface area contributed by atoms with Gasteiger partial charge in [-0.1, -0.05) is 31.9 Å². The van der Waals surface area contributed by atoms with Gasteiger partial charge in [0.2, 0.25) is 17.7 Å². The van der Waals surface area contributed by atoms with Crippen molar-refractivity contribution in [2.75, 3.05) is 6.61 Å². The second-order valence-electron chi connectivity index (χ2n) is 4.96. The zero-order valence-corrected chi connectivity index (χ0v) is 11.7. The van der Waals surface area contributed by atoms with Crippen molar-refractivity contribution in [2.45, 2.75) is 26.9 Å². The van der Waals surface area contributed by atoms with E-state index >= 15 is 0 Å². The number of hydrogen-bond donors (Lipinski definition) is 0. The van der Waals surface area contributed by atoms with E-state index in [0.717, 1.165) is 0 Å². The number of benzene rings is 1. The Kier molecular flexibility index (Phi) is 4.09. The maximum absolute atomic E-state index is 12.3. The zero-order valence-electron chi connectivity index (χ0n) is 11.7. The van der Waals surface area contributed by atoms with E-state index in [2.05, 4.69) is 12.0 Å². The number of carbonyl (C=O) groups is 2. The van der Waals surface area contributed by atoms with Gasteiger partial charge in [0.25, 0.3) is 0 Å². The predicted molar refractivity (Wildman–Crippen MR) is 73.8 cm³/mol. The molecule has 0 radical (unpaired) electrons. The molecule has 0 N–H and O–H groups in total. The lowest BCUT2D eigenvalue weighted by Crippen LogP contribution is -2.24. The summed E-state index contributed by atoms with van der Waals surface area (Å²) in [5.74, 6) is 2.53. The van der Waals surface area contributed by atoms with Crippen LogP contribution in [0.2, 0.25) is 0 Å². The molecule has 1 aromatic rings. The van der Waals surface area contributed by atoms with Gasteiger partial charge in [-0.3, -0.25) is 9.59 Å². The number of carbonyl (C=O) groups excluding carboxylic acids is 2. The van der Waals surface area contributed by atoms with Crippen LogP contribution in [0.3, 0.4) is 0 Å². The van der Waals surface area contributed by atoms with Crippen LogP contribution >= 0.6 is 0 Å². The van der Waals surface area contributed by atoms with Gasteiger partial charge in [-0.15, -0.1) is 0 Å². The standard InChI is InChI=1S/C16H16O4/c1-4-8-19-16-14(17)11-6-5-7-12(13(11)15(16)18)20-9-10(2)3/h5-7,10,16H,9H2,1-3H3. The Balaban J connectivity index is 2.34. The van der Waals surface area contributed by atoms with E-state index in [-0.39, 0.29) is 11.6 Å². The Bertz CT molecular complexity index is 605. The number of Topliss-reactive ketones (excluding diaryl/α,β-unsaturated/α-hetero) is 2. The quantitative estimate of drug-likeness (QED) is 0.624. The van der Waals surface area contributed by atoms with Crippen LogP contribution in [-0.2, 0) is 4.74 Å². The van der Waals surface area contributed by atoms with Gasteiger partial charge < -0.3 is 9.47 Å². The Morgan fingerprint density at radius 2 is 2.00 bits per heavy atom. The van der Waals surface area contributed by atoms with Crippen molar-refractivity contribution in [2.24, 2.45) is 5.92 Å². The second-order valence-corrected chi connectivity index (χ2v) is 4.96. The SMILES string of the molecule is CC#COC1C(=O)c2cccc(OCC(C)C)c2C1=O. The van der Waals surface area contributed by atoms with Crippen molar-refractivity contribution in [3.8, 4) is 17.8 Å². The fourth-order valence-electron chi connectivity index (χ4n) is 1.98. The Morgan fingerprint density at radius 3 is 2.65 bits per heavy atom. The fourth-order valence-corrected chi connectivity index (χ4v) is 1.98. The fraction of sp³-hybridized carbons (Fsp3) is 0.375. The van der Waals surface area contributed by atoms with Crippen molar-refractivity contribution in [3.63, 3.8) is 0 Å². The number of rotatable bonds is 4. The van der Waals surface area contributed by atoms with Gasteiger partial charge in [0.05, 0.1) is 12.2 Å². The molecule has 0 bridgehead atoms. The minimum absolute atomic E-state index is 0.307. The molecule has 4 heteroatoms. The molecule has 1 aromatic carbocycles. The molecule has 0 saturated carbocycles. The summed E-state index contributed by atoms with van der Waals surface area (Å²) in [5, 5.41) is 0. The van der Waals surface area contributed by atoms with Crippen molar-refractivity contribution in [3.05, 3.63) is 29.3 Å². The first kappa shape index (κ1) is 14.1. The van der Waals surface area contributed by atoms with E-state index in [1.165, 1.54) is 0 Å². The van der Waals surface area contributed by atoms with Crippen molar-refractivity contribution in [1.82, 2.24) is 0 Å². The van der Waals surface area contributed by atoms with Gasteiger partial charge in [-0.05, 0) is 12.0 Å². The minimum atomic E-state index is -1.17. The minimum Gasteiger partial charge on any atom is -0.493 e. The number of hydrogen-bond acceptors (Lipinski definition) is 4. The van der Waals surface area contributed by atoms with Crippen LogP contribution in [0.1, 0.15) is 41.5 Å². The van der Waals surface area contributed by atoms with Crippen LogP contribution in [0.5, 0.6) is 5.75 Å². The van der Waals surface area contributed by atoms with Crippen molar-refractivity contribution in [1.29, 1.82) is 0 Å². The molecule has 20 heavy (non-hydrogen) atoms. The van der Waals surface area contributed by atoms with Crippen molar-refractivity contribution >= 4 is 11.6 Å². The molecule has 1 atom stereocenters. The van der Waals surface area contributed by atoms with E-state index in [9.17, 15) is 9.59 Å². The zero-order chi connectivity index (χ0) is 14.7. The largest absolute Gasteiger partial charge is 0.493 e. The van der Waals surface area contributed by atoms with Gasteiger partial charge in [-0.2, -0.15) is 0 Å². The lowest BCUT2D eigenvalue weighted by Gasteiger charge is -2.11. The molecule has 4 nitrogen and oxygen atoms in total. The van der Waals surface area contributed by atoms with Gasteiger partial charge in [0, 0.05) is 12.5 Å². The molecule has 1 aliphatic carbocycles. The van der Waals surface area contributed by atoms with Crippen LogP contribution < -0.4 is 4.74 Å². The first-order valence-corrected chi connectivity index (χ1v) is 6.48. The van der Waals surface area contributed by atoms with Crippen LogP contribution in [0.25, 0.3) is 0 Å². The van der Waals surface area contributed by atoms with Crippen molar-refractivity contribution < 1.29 is 19.1 Å². The highest BCUT2D eigenvalue weighted by molar-refractivity contribution is 6.29. The van der Waals surface area contributed by atoms with Crippen LogP contribution in [-0.4, -0.2) is 24.3 Å². The van der Waals surface area contributed by atoms with Crippen LogP contribution in [0, 0.1) is 17.9 Å². The summed E-state index contributed by atoms with van der Waals surface area (Å²) in [5.41, 5.74) is 0.653. The summed E-state index contributed by atoms with van der Waals surface area (Å²) in [7, 11) is 0. The number of fused-ring (bicyclic) bond motifs is 1. The van der Waals surface area contributed by atoms with E-state index in [0.29, 0.717) is 29.4 Å². The average Bonchev–Trinajstić information content (AvgIpc) is 2.67. The lowest BCUT2D eigenvalue weighted by atomic mass is 10.1. The molecule has 0 aliphatic heterocycles. The average molecular weight is 272 g/mol. The van der Waals surface area contributed by atoms with E-state index < -0.39 is 6.10 Å². The number of ketones is 2.